The van der Waals surface area contributed by atoms with Crippen molar-refractivity contribution in [1.29, 1.82) is 0 Å². The Morgan fingerprint density at radius 1 is 1.50 bits per heavy atom. The lowest BCUT2D eigenvalue weighted by Crippen LogP contribution is -1.96. The van der Waals surface area contributed by atoms with E-state index in [2.05, 4.69) is 0 Å². The number of carbonyl (C=O) groups is 1. The standard InChI is InChI=1S/C12H14O2/c1-3-4-5-10-8-11(12(13)14)7-6-9(10)2/h4-8H,3H2,1-2H3,(H,13,14)/b5-4-. The SMILES string of the molecule is CC/C=C\c1cc(C(=O)O)ccc1C. The molecular formula is C12H14O2. The number of hydrogen-bond acceptors (Lipinski definition) is 1. The summed E-state index contributed by atoms with van der Waals surface area (Å²) < 4.78 is 0. The Bertz CT molecular complexity index is 365. The van der Waals surface area contributed by atoms with Crippen molar-refractivity contribution >= 4 is 12.0 Å². The third kappa shape index (κ3) is 2.46. The fraction of sp³-hybridized carbons (Fsp3) is 0.250. The summed E-state index contributed by atoms with van der Waals surface area (Å²) in [5.41, 5.74) is 2.41. The molecule has 0 aliphatic rings. The third-order valence-electron chi connectivity index (χ3n) is 2.06. The normalized spacial score (nSPS) is 10.7. The molecule has 0 unspecified atom stereocenters. The van der Waals surface area contributed by atoms with Crippen LogP contribution in [0.3, 0.4) is 0 Å². The van der Waals surface area contributed by atoms with E-state index in [1.54, 1.807) is 12.1 Å². The predicted molar refractivity (Wildman–Crippen MR) is 57.5 cm³/mol. The van der Waals surface area contributed by atoms with Crippen molar-refractivity contribution in [2.75, 3.05) is 0 Å². The van der Waals surface area contributed by atoms with Crippen LogP contribution in [0.5, 0.6) is 0 Å². The Kier molecular flexibility index (Phi) is 3.46. The molecule has 1 aromatic carbocycles. The van der Waals surface area contributed by atoms with Gasteiger partial charge in [-0.25, -0.2) is 4.79 Å². The molecule has 0 atom stereocenters. The summed E-state index contributed by atoms with van der Waals surface area (Å²) >= 11 is 0. The molecule has 0 spiro atoms. The zero-order valence-corrected chi connectivity index (χ0v) is 8.45. The van der Waals surface area contributed by atoms with Crippen molar-refractivity contribution in [2.45, 2.75) is 20.3 Å². The molecule has 2 nitrogen and oxygen atoms in total. The van der Waals surface area contributed by atoms with E-state index in [4.69, 9.17) is 5.11 Å². The van der Waals surface area contributed by atoms with E-state index in [1.165, 1.54) is 0 Å². The highest BCUT2D eigenvalue weighted by Gasteiger charge is 2.03. The first kappa shape index (κ1) is 10.5. The Morgan fingerprint density at radius 2 is 2.21 bits per heavy atom. The largest absolute Gasteiger partial charge is 0.478 e. The van der Waals surface area contributed by atoms with Gasteiger partial charge in [-0.15, -0.1) is 0 Å². The van der Waals surface area contributed by atoms with Gasteiger partial charge in [-0.1, -0.05) is 25.1 Å². The van der Waals surface area contributed by atoms with Gasteiger partial charge in [-0.05, 0) is 36.6 Å². The minimum atomic E-state index is -0.879. The Hall–Kier alpha value is -1.57. The second kappa shape index (κ2) is 4.61. The molecule has 0 amide bonds. The van der Waals surface area contributed by atoms with Crippen LogP contribution in [0.15, 0.2) is 24.3 Å². The first-order chi connectivity index (χ1) is 6.65. The Balaban J connectivity index is 3.08. The Labute approximate surface area is 83.9 Å². The second-order valence-electron chi connectivity index (χ2n) is 3.19. The lowest BCUT2D eigenvalue weighted by molar-refractivity contribution is 0.0697. The molecule has 0 aromatic heterocycles. The van der Waals surface area contributed by atoms with Crippen LogP contribution in [0.25, 0.3) is 6.08 Å². The lowest BCUT2D eigenvalue weighted by atomic mass is 10.0. The van der Waals surface area contributed by atoms with Crippen LogP contribution in [0.4, 0.5) is 0 Å². The molecule has 1 rings (SSSR count). The minimum absolute atomic E-state index is 0.339. The number of carboxylic acids is 1. The smallest absolute Gasteiger partial charge is 0.335 e. The Morgan fingerprint density at radius 3 is 2.79 bits per heavy atom. The minimum Gasteiger partial charge on any atom is -0.478 e. The number of hydrogen-bond donors (Lipinski definition) is 1. The molecule has 1 aromatic rings. The highest BCUT2D eigenvalue weighted by atomic mass is 16.4. The summed E-state index contributed by atoms with van der Waals surface area (Å²) in [5.74, 6) is -0.879. The van der Waals surface area contributed by atoms with E-state index < -0.39 is 5.97 Å². The van der Waals surface area contributed by atoms with Crippen LogP contribution < -0.4 is 0 Å². The van der Waals surface area contributed by atoms with Crippen LogP contribution in [-0.2, 0) is 0 Å². The third-order valence-corrected chi connectivity index (χ3v) is 2.06. The molecule has 14 heavy (non-hydrogen) atoms. The summed E-state index contributed by atoms with van der Waals surface area (Å²) in [6.07, 6.45) is 4.94. The summed E-state index contributed by atoms with van der Waals surface area (Å²) in [6.45, 7) is 4.02. The molecule has 0 aliphatic heterocycles. The highest BCUT2D eigenvalue weighted by Crippen LogP contribution is 2.13. The molecule has 2 heteroatoms. The zero-order chi connectivity index (χ0) is 10.6. The van der Waals surface area contributed by atoms with Gasteiger partial charge in [0, 0.05) is 0 Å². The van der Waals surface area contributed by atoms with Crippen molar-refractivity contribution in [3.63, 3.8) is 0 Å². The van der Waals surface area contributed by atoms with Crippen LogP contribution in [0.2, 0.25) is 0 Å². The van der Waals surface area contributed by atoms with E-state index in [-0.39, 0.29) is 0 Å². The quantitative estimate of drug-likeness (QED) is 0.795. The van der Waals surface area contributed by atoms with Gasteiger partial charge in [0.05, 0.1) is 5.56 Å². The summed E-state index contributed by atoms with van der Waals surface area (Å²) in [5, 5.41) is 8.80. The lowest BCUT2D eigenvalue weighted by Gasteiger charge is -2.01. The molecule has 0 radical (unpaired) electrons. The molecule has 0 fully saturated rings. The molecule has 0 aliphatic carbocycles. The van der Waals surface area contributed by atoms with E-state index >= 15 is 0 Å². The van der Waals surface area contributed by atoms with E-state index in [0.29, 0.717) is 5.56 Å². The number of rotatable bonds is 3. The van der Waals surface area contributed by atoms with Gasteiger partial charge in [0.2, 0.25) is 0 Å². The van der Waals surface area contributed by atoms with Crippen LogP contribution in [0, 0.1) is 6.92 Å². The van der Waals surface area contributed by atoms with Crippen LogP contribution in [0.1, 0.15) is 34.8 Å². The van der Waals surface area contributed by atoms with Gasteiger partial charge < -0.3 is 5.11 Å². The fourth-order valence-electron chi connectivity index (χ4n) is 1.20. The molecule has 1 N–H and O–H groups in total. The van der Waals surface area contributed by atoms with E-state index in [9.17, 15) is 4.79 Å². The molecule has 0 bridgehead atoms. The first-order valence-electron chi connectivity index (χ1n) is 4.65. The predicted octanol–water partition coefficient (Wildman–Crippen LogP) is 3.12. The summed E-state index contributed by atoms with van der Waals surface area (Å²) in [4.78, 5) is 10.7. The number of aromatic carboxylic acids is 1. The second-order valence-corrected chi connectivity index (χ2v) is 3.19. The summed E-state index contributed by atoms with van der Waals surface area (Å²) in [6, 6.07) is 5.16. The molecule has 0 saturated heterocycles. The zero-order valence-electron chi connectivity index (χ0n) is 8.45. The van der Waals surface area contributed by atoms with Crippen molar-refractivity contribution in [3.8, 4) is 0 Å². The van der Waals surface area contributed by atoms with Crippen molar-refractivity contribution in [1.82, 2.24) is 0 Å². The summed E-state index contributed by atoms with van der Waals surface area (Å²) in [7, 11) is 0. The first-order valence-corrected chi connectivity index (χ1v) is 4.65. The van der Waals surface area contributed by atoms with Gasteiger partial charge in [-0.2, -0.15) is 0 Å². The van der Waals surface area contributed by atoms with Gasteiger partial charge in [0.15, 0.2) is 0 Å². The maximum atomic E-state index is 10.7. The van der Waals surface area contributed by atoms with Crippen LogP contribution in [-0.4, -0.2) is 11.1 Å². The molecule has 0 saturated carbocycles. The maximum absolute atomic E-state index is 10.7. The molecule has 74 valence electrons. The van der Waals surface area contributed by atoms with Gasteiger partial charge in [0.25, 0.3) is 0 Å². The average Bonchev–Trinajstić information content (AvgIpc) is 2.16. The number of carboxylic acid groups (broad SMARTS) is 1. The monoisotopic (exact) mass is 190 g/mol. The number of allylic oxidation sites excluding steroid dienone is 1. The van der Waals surface area contributed by atoms with Crippen molar-refractivity contribution in [2.24, 2.45) is 0 Å². The number of aryl methyl sites for hydroxylation is 1. The fourth-order valence-corrected chi connectivity index (χ4v) is 1.20. The highest BCUT2D eigenvalue weighted by molar-refractivity contribution is 5.88. The van der Waals surface area contributed by atoms with E-state index in [0.717, 1.165) is 17.5 Å². The van der Waals surface area contributed by atoms with Crippen molar-refractivity contribution < 1.29 is 9.90 Å². The van der Waals surface area contributed by atoms with Crippen LogP contribution >= 0.6 is 0 Å². The topological polar surface area (TPSA) is 37.3 Å². The number of benzene rings is 1. The van der Waals surface area contributed by atoms with Gasteiger partial charge >= 0.3 is 5.97 Å². The van der Waals surface area contributed by atoms with Crippen molar-refractivity contribution in [3.05, 3.63) is 41.0 Å². The average molecular weight is 190 g/mol. The van der Waals surface area contributed by atoms with Gasteiger partial charge in [0.1, 0.15) is 0 Å². The van der Waals surface area contributed by atoms with E-state index in [1.807, 2.05) is 32.1 Å². The maximum Gasteiger partial charge on any atom is 0.335 e. The molecule has 0 heterocycles. The van der Waals surface area contributed by atoms with Gasteiger partial charge in [-0.3, -0.25) is 0 Å². The molecular weight excluding hydrogens is 176 g/mol.